The van der Waals surface area contributed by atoms with E-state index in [2.05, 4.69) is 4.90 Å². The van der Waals surface area contributed by atoms with Gasteiger partial charge in [-0.3, -0.25) is 4.79 Å². The van der Waals surface area contributed by atoms with Crippen molar-refractivity contribution in [3.05, 3.63) is 0 Å². The molecule has 0 aliphatic heterocycles. The molecule has 2 N–H and O–H groups in total. The van der Waals surface area contributed by atoms with Crippen LogP contribution in [0.1, 0.15) is 51.4 Å². The van der Waals surface area contributed by atoms with Crippen LogP contribution >= 0.6 is 0 Å². The summed E-state index contributed by atoms with van der Waals surface area (Å²) in [5.41, 5.74) is 5.72. The van der Waals surface area contributed by atoms with Gasteiger partial charge in [0.05, 0.1) is 0 Å². The number of nitrogens with two attached hydrogens (primary N) is 1. The topological polar surface area (TPSA) is 46.3 Å². The molecule has 0 saturated heterocycles. The van der Waals surface area contributed by atoms with Crippen LogP contribution in [0, 0.1) is 17.8 Å². The van der Waals surface area contributed by atoms with Crippen molar-refractivity contribution in [3.8, 4) is 0 Å². The van der Waals surface area contributed by atoms with E-state index < -0.39 is 0 Å². The molecule has 0 aromatic rings. The Balaban J connectivity index is 1.63. The SMILES string of the molecule is NCCN(C(=O)C1C2CCCC21)C1CCCCC1. The predicted molar refractivity (Wildman–Crippen MR) is 72.0 cm³/mol. The van der Waals surface area contributed by atoms with Crippen molar-refractivity contribution in [1.29, 1.82) is 0 Å². The van der Waals surface area contributed by atoms with Crippen LogP contribution in [0.4, 0.5) is 0 Å². The van der Waals surface area contributed by atoms with Crippen molar-refractivity contribution in [2.24, 2.45) is 23.5 Å². The maximum Gasteiger partial charge on any atom is 0.226 e. The average Bonchev–Trinajstić information content (AvgIpc) is 2.89. The van der Waals surface area contributed by atoms with Crippen LogP contribution in [-0.2, 0) is 4.79 Å². The molecule has 0 heterocycles. The lowest BCUT2D eigenvalue weighted by Gasteiger charge is -2.34. The predicted octanol–water partition coefficient (Wildman–Crippen LogP) is 2.15. The summed E-state index contributed by atoms with van der Waals surface area (Å²) in [6.45, 7) is 1.39. The monoisotopic (exact) mass is 250 g/mol. The first-order valence-electron chi connectivity index (χ1n) is 7.83. The van der Waals surface area contributed by atoms with E-state index >= 15 is 0 Å². The second kappa shape index (κ2) is 5.20. The Hall–Kier alpha value is -0.570. The van der Waals surface area contributed by atoms with Gasteiger partial charge in [0.1, 0.15) is 0 Å². The first-order chi connectivity index (χ1) is 8.83. The lowest BCUT2D eigenvalue weighted by atomic mass is 9.93. The van der Waals surface area contributed by atoms with Gasteiger partial charge in [0.15, 0.2) is 0 Å². The van der Waals surface area contributed by atoms with E-state index in [0.717, 1.165) is 18.4 Å². The van der Waals surface area contributed by atoms with Crippen LogP contribution in [0.2, 0.25) is 0 Å². The average molecular weight is 250 g/mol. The van der Waals surface area contributed by atoms with Gasteiger partial charge >= 0.3 is 0 Å². The van der Waals surface area contributed by atoms with Gasteiger partial charge in [-0.25, -0.2) is 0 Å². The summed E-state index contributed by atoms with van der Waals surface area (Å²) in [4.78, 5) is 14.8. The first-order valence-corrected chi connectivity index (χ1v) is 7.83. The van der Waals surface area contributed by atoms with Gasteiger partial charge in [0, 0.05) is 25.0 Å². The van der Waals surface area contributed by atoms with Gasteiger partial charge < -0.3 is 10.6 Å². The number of carbonyl (C=O) groups excluding carboxylic acids is 1. The molecule has 102 valence electrons. The molecule has 1 amide bonds. The van der Waals surface area contributed by atoms with Gasteiger partial charge in [0.25, 0.3) is 0 Å². The summed E-state index contributed by atoms with van der Waals surface area (Å²) in [6, 6.07) is 0.496. The Morgan fingerprint density at radius 3 is 2.28 bits per heavy atom. The van der Waals surface area contributed by atoms with Crippen molar-refractivity contribution >= 4 is 5.91 Å². The summed E-state index contributed by atoms with van der Waals surface area (Å²) < 4.78 is 0. The number of carbonyl (C=O) groups is 1. The quantitative estimate of drug-likeness (QED) is 0.831. The van der Waals surface area contributed by atoms with Crippen LogP contribution in [0.25, 0.3) is 0 Å². The van der Waals surface area contributed by atoms with Gasteiger partial charge in [-0.05, 0) is 37.5 Å². The second-order valence-electron chi connectivity index (χ2n) is 6.40. The van der Waals surface area contributed by atoms with E-state index in [4.69, 9.17) is 5.73 Å². The van der Waals surface area contributed by atoms with Crippen molar-refractivity contribution in [1.82, 2.24) is 4.90 Å². The Bertz CT molecular complexity index is 302. The molecule has 2 unspecified atom stereocenters. The number of nitrogens with zero attached hydrogens (tertiary/aromatic N) is 1. The zero-order valence-electron chi connectivity index (χ0n) is 11.3. The van der Waals surface area contributed by atoms with Crippen molar-refractivity contribution in [2.45, 2.75) is 57.4 Å². The fourth-order valence-electron chi connectivity index (χ4n) is 4.38. The molecule has 3 rings (SSSR count). The molecule has 2 atom stereocenters. The molecule has 0 aromatic heterocycles. The van der Waals surface area contributed by atoms with Gasteiger partial charge in [-0.2, -0.15) is 0 Å². The molecule has 3 nitrogen and oxygen atoms in total. The van der Waals surface area contributed by atoms with Crippen LogP contribution < -0.4 is 5.73 Å². The lowest BCUT2D eigenvalue weighted by Crippen LogP contribution is -2.45. The van der Waals surface area contributed by atoms with E-state index in [1.807, 2.05) is 0 Å². The van der Waals surface area contributed by atoms with Gasteiger partial charge in [-0.1, -0.05) is 25.7 Å². The summed E-state index contributed by atoms with van der Waals surface area (Å²) in [6.07, 6.45) is 10.3. The molecule has 3 aliphatic rings. The minimum Gasteiger partial charge on any atom is -0.338 e. The molecule has 3 saturated carbocycles. The molecule has 3 heteroatoms. The summed E-state index contributed by atoms with van der Waals surface area (Å²) in [5, 5.41) is 0. The minimum atomic E-state index is 0.382. The molecule has 0 bridgehead atoms. The summed E-state index contributed by atoms with van der Waals surface area (Å²) >= 11 is 0. The number of rotatable bonds is 4. The molecule has 3 fully saturated rings. The molecule has 18 heavy (non-hydrogen) atoms. The van der Waals surface area contributed by atoms with Crippen molar-refractivity contribution in [3.63, 3.8) is 0 Å². The summed E-state index contributed by atoms with van der Waals surface area (Å²) in [5.74, 6) is 2.30. The Morgan fingerprint density at radius 2 is 1.67 bits per heavy atom. The Kier molecular flexibility index (Phi) is 3.60. The maximum atomic E-state index is 12.7. The van der Waals surface area contributed by atoms with Crippen LogP contribution in [0.15, 0.2) is 0 Å². The third kappa shape index (κ3) is 2.18. The van der Waals surface area contributed by atoms with E-state index in [-0.39, 0.29) is 0 Å². The normalized spacial score (nSPS) is 35.3. The molecule has 0 spiro atoms. The zero-order chi connectivity index (χ0) is 12.5. The van der Waals surface area contributed by atoms with E-state index in [1.54, 1.807) is 0 Å². The van der Waals surface area contributed by atoms with Crippen LogP contribution in [-0.4, -0.2) is 29.9 Å². The third-order valence-corrected chi connectivity index (χ3v) is 5.36. The lowest BCUT2D eigenvalue weighted by molar-refractivity contribution is -0.136. The highest BCUT2D eigenvalue weighted by Crippen LogP contribution is 2.58. The highest BCUT2D eigenvalue weighted by atomic mass is 16.2. The standard InChI is InChI=1S/C15H26N2O/c16-9-10-17(11-5-2-1-3-6-11)15(18)14-12-7-4-8-13(12)14/h11-14H,1-10,16H2. The largest absolute Gasteiger partial charge is 0.338 e. The van der Waals surface area contributed by atoms with Crippen molar-refractivity contribution < 1.29 is 4.79 Å². The van der Waals surface area contributed by atoms with E-state index in [9.17, 15) is 4.79 Å². The van der Waals surface area contributed by atoms with Crippen molar-refractivity contribution in [2.75, 3.05) is 13.1 Å². The molecule has 0 radical (unpaired) electrons. The van der Waals surface area contributed by atoms with Gasteiger partial charge in [-0.15, -0.1) is 0 Å². The smallest absolute Gasteiger partial charge is 0.226 e. The highest BCUT2D eigenvalue weighted by Gasteiger charge is 2.57. The van der Waals surface area contributed by atoms with Gasteiger partial charge in [0.2, 0.25) is 5.91 Å². The van der Waals surface area contributed by atoms with E-state index in [1.165, 1.54) is 51.4 Å². The number of fused-ring (bicyclic) bond motifs is 1. The molecular weight excluding hydrogens is 224 g/mol. The fourth-order valence-corrected chi connectivity index (χ4v) is 4.38. The second-order valence-corrected chi connectivity index (χ2v) is 6.40. The molecule has 0 aromatic carbocycles. The fraction of sp³-hybridized carbons (Fsp3) is 0.933. The zero-order valence-corrected chi connectivity index (χ0v) is 11.3. The Morgan fingerprint density at radius 1 is 1.00 bits per heavy atom. The minimum absolute atomic E-state index is 0.382. The first kappa shape index (κ1) is 12.5. The number of amides is 1. The third-order valence-electron chi connectivity index (χ3n) is 5.36. The Labute approximate surface area is 110 Å². The number of hydrogen-bond donors (Lipinski definition) is 1. The summed E-state index contributed by atoms with van der Waals surface area (Å²) in [7, 11) is 0. The van der Waals surface area contributed by atoms with Crippen LogP contribution in [0.5, 0.6) is 0 Å². The van der Waals surface area contributed by atoms with E-state index in [0.29, 0.717) is 24.4 Å². The van der Waals surface area contributed by atoms with Crippen LogP contribution in [0.3, 0.4) is 0 Å². The molecule has 3 aliphatic carbocycles. The molecular formula is C15H26N2O. The maximum absolute atomic E-state index is 12.7. The number of hydrogen-bond acceptors (Lipinski definition) is 2. The highest BCUT2D eigenvalue weighted by molar-refractivity contribution is 5.83.